The summed E-state index contributed by atoms with van der Waals surface area (Å²) in [7, 11) is -3.27. The second-order valence-electron chi connectivity index (χ2n) is 6.69. The molecule has 2 aromatic carbocycles. The van der Waals surface area contributed by atoms with Crippen LogP contribution in [0.4, 0.5) is 5.69 Å². The predicted octanol–water partition coefficient (Wildman–Crippen LogP) is 2.43. The Balaban J connectivity index is 1.55. The molecule has 1 aliphatic carbocycles. The Kier molecular flexibility index (Phi) is 3.80. The van der Waals surface area contributed by atoms with Gasteiger partial charge >= 0.3 is 0 Å². The van der Waals surface area contributed by atoms with Gasteiger partial charge in [0.25, 0.3) is 5.91 Å². The van der Waals surface area contributed by atoms with Crippen LogP contribution < -0.4 is 9.62 Å². The van der Waals surface area contributed by atoms with Gasteiger partial charge in [-0.2, -0.15) is 0 Å². The second kappa shape index (κ2) is 5.88. The minimum absolute atomic E-state index is 0.0458. The highest BCUT2D eigenvalue weighted by molar-refractivity contribution is 7.92. The predicted molar refractivity (Wildman–Crippen MR) is 97.3 cm³/mol. The fourth-order valence-corrected chi connectivity index (χ4v) is 4.76. The molecule has 0 aromatic heterocycles. The summed E-state index contributed by atoms with van der Waals surface area (Å²) in [5.41, 5.74) is 4.67. The van der Waals surface area contributed by atoms with E-state index in [0.29, 0.717) is 24.2 Å². The highest BCUT2D eigenvalue weighted by Gasteiger charge is 2.28. The van der Waals surface area contributed by atoms with Crippen LogP contribution >= 0.6 is 0 Å². The standard InChI is InChI=1S/C19H20N2O3S/c1-25(23,24)21-11-10-14-12-15(7-9-18(14)21)19(22)20-17-8-6-13-4-2-3-5-16(13)17/h2-5,7,9,12,17H,6,8,10-11H2,1H3,(H,20,22). The van der Waals surface area contributed by atoms with Crippen molar-refractivity contribution in [2.75, 3.05) is 17.1 Å². The molecule has 1 aliphatic heterocycles. The first-order valence-corrected chi connectivity index (χ1v) is 10.3. The highest BCUT2D eigenvalue weighted by atomic mass is 32.2. The first kappa shape index (κ1) is 16.1. The maximum atomic E-state index is 12.6. The number of carbonyl (C=O) groups excluding carboxylic acids is 1. The number of hydrogen-bond donors (Lipinski definition) is 1. The van der Waals surface area contributed by atoms with Gasteiger partial charge in [0.1, 0.15) is 0 Å². The van der Waals surface area contributed by atoms with Crippen LogP contribution in [0.5, 0.6) is 0 Å². The molecule has 4 rings (SSSR count). The van der Waals surface area contributed by atoms with E-state index in [4.69, 9.17) is 0 Å². The number of sulfonamides is 1. The molecule has 1 unspecified atom stereocenters. The summed E-state index contributed by atoms with van der Waals surface area (Å²) in [6.45, 7) is 0.440. The molecule has 0 saturated carbocycles. The Morgan fingerprint density at radius 1 is 1.12 bits per heavy atom. The van der Waals surface area contributed by atoms with Crippen molar-refractivity contribution in [2.45, 2.75) is 25.3 Å². The smallest absolute Gasteiger partial charge is 0.251 e. The topological polar surface area (TPSA) is 66.5 Å². The fourth-order valence-electron chi connectivity index (χ4n) is 3.81. The van der Waals surface area contributed by atoms with Crippen molar-refractivity contribution in [3.05, 3.63) is 64.7 Å². The van der Waals surface area contributed by atoms with E-state index in [1.54, 1.807) is 12.1 Å². The van der Waals surface area contributed by atoms with Gasteiger partial charge in [0.2, 0.25) is 10.0 Å². The lowest BCUT2D eigenvalue weighted by molar-refractivity contribution is 0.0936. The molecule has 130 valence electrons. The van der Waals surface area contributed by atoms with E-state index in [1.165, 1.54) is 21.7 Å². The van der Waals surface area contributed by atoms with E-state index in [-0.39, 0.29) is 11.9 Å². The Morgan fingerprint density at radius 2 is 1.92 bits per heavy atom. The largest absolute Gasteiger partial charge is 0.345 e. The van der Waals surface area contributed by atoms with E-state index in [1.807, 2.05) is 18.2 Å². The highest BCUT2D eigenvalue weighted by Crippen LogP contribution is 2.33. The third-order valence-electron chi connectivity index (χ3n) is 5.03. The lowest BCUT2D eigenvalue weighted by Gasteiger charge is -2.17. The summed E-state index contributed by atoms with van der Waals surface area (Å²) >= 11 is 0. The molecule has 0 fully saturated rings. The lowest BCUT2D eigenvalue weighted by atomic mass is 10.1. The molecular formula is C19H20N2O3S. The molecule has 2 aliphatic rings. The molecule has 1 heterocycles. The van der Waals surface area contributed by atoms with E-state index in [9.17, 15) is 13.2 Å². The summed E-state index contributed by atoms with van der Waals surface area (Å²) in [4.78, 5) is 12.6. The Labute approximate surface area is 147 Å². The number of fused-ring (bicyclic) bond motifs is 2. The van der Waals surface area contributed by atoms with Crippen LogP contribution in [0.1, 0.15) is 39.5 Å². The van der Waals surface area contributed by atoms with Crippen molar-refractivity contribution in [3.63, 3.8) is 0 Å². The van der Waals surface area contributed by atoms with E-state index >= 15 is 0 Å². The third kappa shape index (κ3) is 2.91. The average Bonchev–Trinajstić information content (AvgIpc) is 3.18. The number of aryl methyl sites for hydroxylation is 1. The van der Waals surface area contributed by atoms with E-state index in [2.05, 4.69) is 17.4 Å². The van der Waals surface area contributed by atoms with Gasteiger partial charge in [-0.3, -0.25) is 9.10 Å². The molecule has 1 atom stereocenters. The van der Waals surface area contributed by atoms with Gasteiger partial charge in [0.05, 0.1) is 18.0 Å². The number of rotatable bonds is 3. The summed E-state index contributed by atoms with van der Waals surface area (Å²) < 4.78 is 25.0. The number of nitrogens with one attached hydrogen (secondary N) is 1. The summed E-state index contributed by atoms with van der Waals surface area (Å²) in [5, 5.41) is 3.11. The Hall–Kier alpha value is -2.34. The first-order valence-electron chi connectivity index (χ1n) is 8.43. The number of carbonyl (C=O) groups is 1. The molecule has 0 spiro atoms. The monoisotopic (exact) mass is 356 g/mol. The number of nitrogens with zero attached hydrogens (tertiary/aromatic N) is 1. The summed E-state index contributed by atoms with van der Waals surface area (Å²) in [6.07, 6.45) is 3.74. The first-order chi connectivity index (χ1) is 11.9. The molecular weight excluding hydrogens is 336 g/mol. The van der Waals surface area contributed by atoms with E-state index in [0.717, 1.165) is 18.4 Å². The molecule has 0 saturated heterocycles. The van der Waals surface area contributed by atoms with Crippen LogP contribution in [0, 0.1) is 0 Å². The molecule has 25 heavy (non-hydrogen) atoms. The summed E-state index contributed by atoms with van der Waals surface area (Å²) in [5.74, 6) is -0.109. The minimum atomic E-state index is -3.27. The van der Waals surface area contributed by atoms with Crippen LogP contribution in [0.3, 0.4) is 0 Å². The van der Waals surface area contributed by atoms with Gasteiger partial charge in [-0.05, 0) is 54.2 Å². The maximum absolute atomic E-state index is 12.6. The van der Waals surface area contributed by atoms with Crippen molar-refractivity contribution in [1.82, 2.24) is 5.32 Å². The average molecular weight is 356 g/mol. The maximum Gasteiger partial charge on any atom is 0.251 e. The van der Waals surface area contributed by atoms with Crippen molar-refractivity contribution in [2.24, 2.45) is 0 Å². The number of benzene rings is 2. The zero-order valence-corrected chi connectivity index (χ0v) is 14.8. The van der Waals surface area contributed by atoms with Crippen LogP contribution in [0.2, 0.25) is 0 Å². The van der Waals surface area contributed by atoms with E-state index < -0.39 is 10.0 Å². The number of anilines is 1. The lowest BCUT2D eigenvalue weighted by Crippen LogP contribution is -2.28. The molecule has 5 nitrogen and oxygen atoms in total. The zero-order valence-electron chi connectivity index (χ0n) is 14.0. The number of amides is 1. The molecule has 0 radical (unpaired) electrons. The number of hydrogen-bond acceptors (Lipinski definition) is 3. The zero-order chi connectivity index (χ0) is 17.6. The van der Waals surface area contributed by atoms with Crippen molar-refractivity contribution in [3.8, 4) is 0 Å². The van der Waals surface area contributed by atoms with Crippen molar-refractivity contribution in [1.29, 1.82) is 0 Å². The molecule has 2 aromatic rings. The molecule has 1 N–H and O–H groups in total. The van der Waals surface area contributed by atoms with Crippen LogP contribution in [-0.4, -0.2) is 27.1 Å². The molecule has 0 bridgehead atoms. The van der Waals surface area contributed by atoms with Gasteiger partial charge in [0.15, 0.2) is 0 Å². The van der Waals surface area contributed by atoms with Gasteiger partial charge < -0.3 is 5.32 Å². The SMILES string of the molecule is CS(=O)(=O)N1CCc2cc(C(=O)NC3CCc4ccccc43)ccc21. The molecule has 6 heteroatoms. The van der Waals surface area contributed by atoms with Crippen molar-refractivity contribution >= 4 is 21.6 Å². The van der Waals surface area contributed by atoms with Crippen LogP contribution in [-0.2, 0) is 22.9 Å². The van der Waals surface area contributed by atoms with Gasteiger partial charge in [0, 0.05) is 12.1 Å². The second-order valence-corrected chi connectivity index (χ2v) is 8.60. The minimum Gasteiger partial charge on any atom is -0.345 e. The van der Waals surface area contributed by atoms with Crippen molar-refractivity contribution < 1.29 is 13.2 Å². The normalized spacial score (nSPS) is 18.8. The van der Waals surface area contributed by atoms with Gasteiger partial charge in [-0.15, -0.1) is 0 Å². The van der Waals surface area contributed by atoms with Gasteiger partial charge in [-0.25, -0.2) is 8.42 Å². The van der Waals surface area contributed by atoms with Gasteiger partial charge in [-0.1, -0.05) is 24.3 Å². The Bertz CT molecular complexity index is 953. The third-order valence-corrected chi connectivity index (χ3v) is 6.21. The van der Waals surface area contributed by atoms with Crippen LogP contribution in [0.15, 0.2) is 42.5 Å². The fraction of sp³-hybridized carbons (Fsp3) is 0.316. The Morgan fingerprint density at radius 3 is 2.72 bits per heavy atom. The quantitative estimate of drug-likeness (QED) is 0.918. The summed E-state index contributed by atoms with van der Waals surface area (Å²) in [6, 6.07) is 13.5. The molecule has 1 amide bonds. The van der Waals surface area contributed by atoms with Crippen LogP contribution in [0.25, 0.3) is 0 Å².